The first-order valence-corrected chi connectivity index (χ1v) is 3.73. The molecule has 0 aromatic carbocycles. The maximum Gasteiger partial charge on any atom is 0.207 e. The summed E-state index contributed by atoms with van der Waals surface area (Å²) >= 11 is 0. The Labute approximate surface area is 71.6 Å². The Hall–Kier alpha value is -1.30. The predicted octanol–water partition coefficient (Wildman–Crippen LogP) is -1.41. The van der Waals surface area contributed by atoms with E-state index in [1.165, 1.54) is 5.12 Å². The van der Waals surface area contributed by atoms with Crippen LogP contribution < -0.4 is 16.9 Å². The largest absolute Gasteiger partial charge is 0.386 e. The molecule has 0 unspecified atom stereocenters. The molecule has 0 aliphatic rings. The van der Waals surface area contributed by atoms with Crippen LogP contribution in [0.1, 0.15) is 13.3 Å². The van der Waals surface area contributed by atoms with Crippen LogP contribution in [0, 0.1) is 0 Å². The van der Waals surface area contributed by atoms with Gasteiger partial charge in [-0.25, -0.2) is 11.0 Å². The quantitative estimate of drug-likeness (QED) is 0.115. The number of amides is 1. The number of nitrogens with two attached hydrogens (primary N) is 2. The van der Waals surface area contributed by atoms with Gasteiger partial charge in [0, 0.05) is 13.0 Å². The number of hydrogen-bond donors (Lipinski definition) is 3. The van der Waals surface area contributed by atoms with Gasteiger partial charge >= 0.3 is 0 Å². The number of carbonyl (C=O) groups is 1. The van der Waals surface area contributed by atoms with Gasteiger partial charge in [0.25, 0.3) is 0 Å². The molecule has 0 aliphatic heterocycles. The fourth-order valence-corrected chi connectivity index (χ4v) is 0.524. The summed E-state index contributed by atoms with van der Waals surface area (Å²) in [5.74, 6) is 5.88. The molecule has 0 bridgehead atoms. The SMILES string of the molecule is CC/C(N)=N/N(N)CCNC=O. The topological polar surface area (TPSA) is 96.7 Å². The van der Waals surface area contributed by atoms with Crippen LogP contribution >= 0.6 is 0 Å². The fourth-order valence-electron chi connectivity index (χ4n) is 0.524. The minimum absolute atomic E-state index is 0.444. The molecule has 0 aromatic rings. The van der Waals surface area contributed by atoms with E-state index < -0.39 is 0 Å². The van der Waals surface area contributed by atoms with E-state index in [1.54, 1.807) is 0 Å². The summed E-state index contributed by atoms with van der Waals surface area (Å²) in [5.41, 5.74) is 5.42. The van der Waals surface area contributed by atoms with Crippen LogP contribution in [-0.2, 0) is 4.79 Å². The number of nitrogens with zero attached hydrogens (tertiary/aromatic N) is 2. The van der Waals surface area contributed by atoms with E-state index in [1.807, 2.05) is 6.92 Å². The molecule has 0 rings (SSSR count). The first-order valence-electron chi connectivity index (χ1n) is 3.73. The second kappa shape index (κ2) is 6.41. The Bertz CT molecular complexity index is 158. The van der Waals surface area contributed by atoms with Gasteiger partial charge in [0.15, 0.2) is 0 Å². The molecule has 5 N–H and O–H groups in total. The number of amidine groups is 1. The molecule has 0 spiro atoms. The molecule has 0 saturated carbocycles. The predicted molar refractivity (Wildman–Crippen MR) is 46.9 cm³/mol. The van der Waals surface area contributed by atoms with E-state index in [0.29, 0.717) is 31.8 Å². The Morgan fingerprint density at radius 1 is 1.75 bits per heavy atom. The molecular formula is C6H15N5O. The van der Waals surface area contributed by atoms with Crippen LogP contribution in [0.15, 0.2) is 5.10 Å². The molecular weight excluding hydrogens is 158 g/mol. The molecule has 6 heteroatoms. The summed E-state index contributed by atoms with van der Waals surface area (Å²) in [7, 11) is 0. The lowest BCUT2D eigenvalue weighted by Gasteiger charge is -2.12. The van der Waals surface area contributed by atoms with Crippen molar-refractivity contribution >= 4 is 12.2 Å². The molecule has 70 valence electrons. The third kappa shape index (κ3) is 5.48. The average Bonchev–Trinajstić information content (AvgIpc) is 2.05. The van der Waals surface area contributed by atoms with Gasteiger partial charge in [-0.3, -0.25) is 4.79 Å². The Kier molecular flexibility index (Phi) is 5.72. The molecule has 0 atom stereocenters. The smallest absolute Gasteiger partial charge is 0.207 e. The van der Waals surface area contributed by atoms with Gasteiger partial charge < -0.3 is 11.1 Å². The standard InChI is InChI=1S/C6H15N5O/c1-2-6(7)10-11(8)4-3-9-5-12/h5H,2-4,8H2,1H3,(H2,7,10)(H,9,12). The first kappa shape index (κ1) is 10.7. The number of carbonyl (C=O) groups excluding carboxylic acids is 1. The summed E-state index contributed by atoms with van der Waals surface area (Å²) in [5, 5.41) is 7.48. The van der Waals surface area contributed by atoms with E-state index >= 15 is 0 Å². The fraction of sp³-hybridized carbons (Fsp3) is 0.667. The van der Waals surface area contributed by atoms with Crippen molar-refractivity contribution in [3.8, 4) is 0 Å². The highest BCUT2D eigenvalue weighted by Crippen LogP contribution is 1.81. The number of hydrazone groups is 1. The monoisotopic (exact) mass is 173 g/mol. The van der Waals surface area contributed by atoms with Crippen LogP contribution in [0.4, 0.5) is 0 Å². The highest BCUT2D eigenvalue weighted by Gasteiger charge is 1.93. The van der Waals surface area contributed by atoms with Crippen LogP contribution in [0.25, 0.3) is 0 Å². The number of hydrazine groups is 1. The van der Waals surface area contributed by atoms with Crippen molar-refractivity contribution in [1.82, 2.24) is 10.4 Å². The van der Waals surface area contributed by atoms with Crippen LogP contribution in [0.3, 0.4) is 0 Å². The van der Waals surface area contributed by atoms with Gasteiger partial charge in [-0.05, 0) is 0 Å². The summed E-state index contributed by atoms with van der Waals surface area (Å²) in [6.45, 7) is 2.79. The Morgan fingerprint density at radius 2 is 2.42 bits per heavy atom. The van der Waals surface area contributed by atoms with E-state index in [-0.39, 0.29) is 0 Å². The van der Waals surface area contributed by atoms with Crippen molar-refractivity contribution in [1.29, 1.82) is 0 Å². The van der Waals surface area contributed by atoms with Crippen molar-refractivity contribution in [2.24, 2.45) is 16.7 Å². The van der Waals surface area contributed by atoms with E-state index in [4.69, 9.17) is 11.6 Å². The van der Waals surface area contributed by atoms with Crippen molar-refractivity contribution in [3.63, 3.8) is 0 Å². The Morgan fingerprint density at radius 3 is 2.92 bits per heavy atom. The lowest BCUT2D eigenvalue weighted by Crippen LogP contribution is -2.34. The zero-order valence-corrected chi connectivity index (χ0v) is 7.16. The first-order chi connectivity index (χ1) is 5.70. The zero-order chi connectivity index (χ0) is 9.40. The lowest BCUT2D eigenvalue weighted by atomic mass is 10.5. The van der Waals surface area contributed by atoms with Crippen molar-refractivity contribution in [3.05, 3.63) is 0 Å². The van der Waals surface area contributed by atoms with E-state index in [0.717, 1.165) is 0 Å². The minimum Gasteiger partial charge on any atom is -0.386 e. The zero-order valence-electron chi connectivity index (χ0n) is 7.16. The molecule has 0 radical (unpaired) electrons. The number of nitrogens with one attached hydrogen (secondary N) is 1. The summed E-state index contributed by atoms with van der Waals surface area (Å²) in [6, 6.07) is 0. The van der Waals surface area contributed by atoms with Gasteiger partial charge in [0.05, 0.1) is 6.54 Å². The van der Waals surface area contributed by atoms with Crippen molar-refractivity contribution in [2.45, 2.75) is 13.3 Å². The van der Waals surface area contributed by atoms with Gasteiger partial charge in [-0.1, -0.05) is 6.92 Å². The molecule has 0 fully saturated rings. The third-order valence-corrected chi connectivity index (χ3v) is 1.19. The van der Waals surface area contributed by atoms with Crippen molar-refractivity contribution in [2.75, 3.05) is 13.1 Å². The highest BCUT2D eigenvalue weighted by atomic mass is 16.1. The second-order valence-corrected chi connectivity index (χ2v) is 2.18. The van der Waals surface area contributed by atoms with E-state index in [2.05, 4.69) is 10.4 Å². The normalized spacial score (nSPS) is 11.0. The van der Waals surface area contributed by atoms with Gasteiger partial charge in [0.1, 0.15) is 5.84 Å². The van der Waals surface area contributed by atoms with Gasteiger partial charge in [-0.15, -0.1) is 5.10 Å². The average molecular weight is 173 g/mol. The summed E-state index contributed by atoms with van der Waals surface area (Å²) < 4.78 is 0. The van der Waals surface area contributed by atoms with Crippen LogP contribution in [-0.4, -0.2) is 30.5 Å². The van der Waals surface area contributed by atoms with Gasteiger partial charge in [0.2, 0.25) is 6.41 Å². The van der Waals surface area contributed by atoms with Crippen LogP contribution in [0.2, 0.25) is 0 Å². The van der Waals surface area contributed by atoms with Gasteiger partial charge in [-0.2, -0.15) is 0 Å². The maximum atomic E-state index is 9.83. The molecule has 0 heterocycles. The van der Waals surface area contributed by atoms with Crippen molar-refractivity contribution < 1.29 is 4.79 Å². The third-order valence-electron chi connectivity index (χ3n) is 1.19. The molecule has 6 nitrogen and oxygen atoms in total. The number of rotatable bonds is 6. The molecule has 12 heavy (non-hydrogen) atoms. The number of hydrogen-bond acceptors (Lipinski definition) is 4. The molecule has 0 saturated heterocycles. The second-order valence-electron chi connectivity index (χ2n) is 2.18. The van der Waals surface area contributed by atoms with E-state index in [9.17, 15) is 4.79 Å². The molecule has 0 aliphatic carbocycles. The maximum absolute atomic E-state index is 9.83. The highest BCUT2D eigenvalue weighted by molar-refractivity contribution is 5.79. The van der Waals surface area contributed by atoms with Crippen LogP contribution in [0.5, 0.6) is 0 Å². The summed E-state index contributed by atoms with van der Waals surface area (Å²) in [4.78, 5) is 9.83. The summed E-state index contributed by atoms with van der Waals surface area (Å²) in [6.07, 6.45) is 1.27. The molecule has 0 aromatic heterocycles. The molecule has 1 amide bonds. The Balaban J connectivity index is 3.57. The minimum atomic E-state index is 0.444. The lowest BCUT2D eigenvalue weighted by molar-refractivity contribution is -0.109.